The van der Waals surface area contributed by atoms with E-state index in [1.54, 1.807) is 7.11 Å². The van der Waals surface area contributed by atoms with Crippen LogP contribution in [-0.2, 0) is 16.1 Å². The Kier molecular flexibility index (Phi) is 8.40. The molecule has 0 bridgehead atoms. The minimum Gasteiger partial charge on any atom is -0.497 e. The van der Waals surface area contributed by atoms with Crippen LogP contribution in [0.2, 0.25) is 0 Å². The molecule has 0 aromatic heterocycles. The first-order valence-electron chi connectivity index (χ1n) is 12.4. The highest BCUT2D eigenvalue weighted by atomic mass is 16.5. The number of hydrogen-bond acceptors (Lipinski definition) is 4. The van der Waals surface area contributed by atoms with Crippen LogP contribution in [0.25, 0.3) is 0 Å². The molecule has 5 heteroatoms. The van der Waals surface area contributed by atoms with Gasteiger partial charge in [-0.1, -0.05) is 61.2 Å². The van der Waals surface area contributed by atoms with Crippen molar-refractivity contribution < 1.29 is 14.3 Å². The van der Waals surface area contributed by atoms with Crippen molar-refractivity contribution in [2.45, 2.75) is 51.7 Å². The highest BCUT2D eigenvalue weighted by Gasteiger charge is 2.29. The highest BCUT2D eigenvalue weighted by molar-refractivity contribution is 5.79. The third kappa shape index (κ3) is 6.58. The van der Waals surface area contributed by atoms with Gasteiger partial charge in [-0.05, 0) is 43.0 Å². The standard InChI is InChI=1S/C28H38N2O3/c1-22-11-13-23(14-12-22)21-33-27(25-9-6-10-26(19-25)32-2)20-29-15-17-30(18-16-29)28(31)24-7-4-3-5-8-24/h6,9-14,19,24,27H,3-5,7-8,15-18,20-21H2,1-2H3/t27-/m1/s1. The molecule has 1 atom stereocenters. The van der Waals surface area contributed by atoms with Crippen molar-refractivity contribution in [1.82, 2.24) is 9.80 Å². The zero-order valence-corrected chi connectivity index (χ0v) is 20.2. The van der Waals surface area contributed by atoms with Crippen LogP contribution < -0.4 is 4.74 Å². The van der Waals surface area contributed by atoms with Crippen molar-refractivity contribution in [3.8, 4) is 5.75 Å². The van der Waals surface area contributed by atoms with E-state index in [-0.39, 0.29) is 12.0 Å². The summed E-state index contributed by atoms with van der Waals surface area (Å²) < 4.78 is 11.9. The van der Waals surface area contributed by atoms with Crippen LogP contribution in [0.1, 0.15) is 54.9 Å². The quantitative estimate of drug-likeness (QED) is 0.568. The van der Waals surface area contributed by atoms with E-state index < -0.39 is 0 Å². The molecule has 0 radical (unpaired) electrons. The Labute approximate surface area is 198 Å². The lowest BCUT2D eigenvalue weighted by Crippen LogP contribution is -2.51. The van der Waals surface area contributed by atoms with Crippen LogP contribution in [0.15, 0.2) is 48.5 Å². The van der Waals surface area contributed by atoms with Gasteiger partial charge in [0.15, 0.2) is 0 Å². The smallest absolute Gasteiger partial charge is 0.225 e. The molecule has 2 aliphatic rings. The first-order valence-corrected chi connectivity index (χ1v) is 12.4. The van der Waals surface area contributed by atoms with E-state index in [1.165, 1.54) is 30.4 Å². The van der Waals surface area contributed by atoms with Gasteiger partial charge in [0.2, 0.25) is 5.91 Å². The summed E-state index contributed by atoms with van der Waals surface area (Å²) in [7, 11) is 1.70. The number of nitrogens with zero attached hydrogens (tertiary/aromatic N) is 2. The molecular weight excluding hydrogens is 412 g/mol. The summed E-state index contributed by atoms with van der Waals surface area (Å²) in [6.07, 6.45) is 5.79. The number of benzene rings is 2. The summed E-state index contributed by atoms with van der Waals surface area (Å²) in [4.78, 5) is 17.5. The second kappa shape index (κ2) is 11.7. The van der Waals surface area contributed by atoms with E-state index in [0.29, 0.717) is 12.5 Å². The SMILES string of the molecule is COc1cccc([C@@H](CN2CCN(C(=O)C3CCCCC3)CC2)OCc2ccc(C)cc2)c1. The average Bonchev–Trinajstić information content (AvgIpc) is 2.88. The van der Waals surface area contributed by atoms with Crippen molar-refractivity contribution in [2.75, 3.05) is 39.8 Å². The van der Waals surface area contributed by atoms with Crippen LogP contribution in [-0.4, -0.2) is 55.5 Å². The average molecular weight is 451 g/mol. The third-order valence-corrected chi connectivity index (χ3v) is 7.10. The fourth-order valence-electron chi connectivity index (χ4n) is 4.97. The normalized spacial score (nSPS) is 18.8. The Morgan fingerprint density at radius 2 is 1.73 bits per heavy atom. The lowest BCUT2D eigenvalue weighted by atomic mass is 9.88. The van der Waals surface area contributed by atoms with Crippen LogP contribution >= 0.6 is 0 Å². The molecule has 0 unspecified atom stereocenters. The van der Waals surface area contributed by atoms with E-state index in [0.717, 1.165) is 56.9 Å². The van der Waals surface area contributed by atoms with E-state index >= 15 is 0 Å². The Morgan fingerprint density at radius 1 is 1.00 bits per heavy atom. The fourth-order valence-corrected chi connectivity index (χ4v) is 4.97. The molecule has 5 nitrogen and oxygen atoms in total. The lowest BCUT2D eigenvalue weighted by molar-refractivity contribution is -0.138. The number of methoxy groups -OCH3 is 1. The Balaban J connectivity index is 1.37. The molecule has 2 aromatic rings. The van der Waals surface area contributed by atoms with Gasteiger partial charge in [0.05, 0.1) is 19.8 Å². The van der Waals surface area contributed by atoms with Crippen LogP contribution in [0, 0.1) is 12.8 Å². The van der Waals surface area contributed by atoms with E-state index in [1.807, 2.05) is 12.1 Å². The predicted octanol–water partition coefficient (Wildman–Crippen LogP) is 4.99. The zero-order chi connectivity index (χ0) is 23.0. The molecular formula is C28H38N2O3. The van der Waals surface area contributed by atoms with Gasteiger partial charge in [0, 0.05) is 38.6 Å². The molecule has 2 fully saturated rings. The Morgan fingerprint density at radius 3 is 2.42 bits per heavy atom. The molecule has 0 N–H and O–H groups in total. The summed E-state index contributed by atoms with van der Waals surface area (Å²) >= 11 is 0. The number of piperazine rings is 1. The van der Waals surface area contributed by atoms with E-state index in [4.69, 9.17) is 9.47 Å². The number of hydrogen-bond donors (Lipinski definition) is 0. The summed E-state index contributed by atoms with van der Waals surface area (Å²) in [5, 5.41) is 0. The fraction of sp³-hybridized carbons (Fsp3) is 0.536. The molecule has 1 heterocycles. The molecule has 4 rings (SSSR count). The van der Waals surface area contributed by atoms with Gasteiger partial charge in [0.1, 0.15) is 5.75 Å². The summed E-state index contributed by atoms with van der Waals surface area (Å²) in [6.45, 7) is 6.91. The van der Waals surface area contributed by atoms with E-state index in [9.17, 15) is 4.79 Å². The summed E-state index contributed by atoms with van der Waals surface area (Å²) in [5.41, 5.74) is 3.56. The Bertz CT molecular complexity index is 884. The van der Waals surface area contributed by atoms with Crippen LogP contribution in [0.3, 0.4) is 0 Å². The van der Waals surface area contributed by atoms with Crippen LogP contribution in [0.4, 0.5) is 0 Å². The molecule has 178 valence electrons. The molecule has 1 aliphatic heterocycles. The van der Waals surface area contributed by atoms with Crippen molar-refractivity contribution >= 4 is 5.91 Å². The van der Waals surface area contributed by atoms with Crippen molar-refractivity contribution in [1.29, 1.82) is 0 Å². The van der Waals surface area contributed by atoms with Crippen molar-refractivity contribution in [2.24, 2.45) is 5.92 Å². The molecule has 0 spiro atoms. The largest absolute Gasteiger partial charge is 0.497 e. The molecule has 33 heavy (non-hydrogen) atoms. The van der Waals surface area contributed by atoms with Gasteiger partial charge in [-0.15, -0.1) is 0 Å². The van der Waals surface area contributed by atoms with E-state index in [2.05, 4.69) is 53.1 Å². The number of carbonyl (C=O) groups excluding carboxylic acids is 1. The number of rotatable bonds is 8. The molecule has 1 aliphatic carbocycles. The maximum atomic E-state index is 12.9. The van der Waals surface area contributed by atoms with Crippen molar-refractivity contribution in [3.05, 3.63) is 65.2 Å². The van der Waals surface area contributed by atoms with Crippen molar-refractivity contribution in [3.63, 3.8) is 0 Å². The van der Waals surface area contributed by atoms with Gasteiger partial charge >= 0.3 is 0 Å². The third-order valence-electron chi connectivity index (χ3n) is 7.10. The van der Waals surface area contributed by atoms with Gasteiger partial charge in [0.25, 0.3) is 0 Å². The maximum Gasteiger partial charge on any atom is 0.225 e. The number of ether oxygens (including phenoxy) is 2. The molecule has 1 saturated heterocycles. The summed E-state index contributed by atoms with van der Waals surface area (Å²) in [5.74, 6) is 1.49. The first kappa shape index (κ1) is 23.8. The second-order valence-electron chi connectivity index (χ2n) is 9.52. The highest BCUT2D eigenvalue weighted by Crippen LogP contribution is 2.27. The topological polar surface area (TPSA) is 42.0 Å². The number of carbonyl (C=O) groups is 1. The van der Waals surface area contributed by atoms with Gasteiger partial charge in [-0.2, -0.15) is 0 Å². The van der Waals surface area contributed by atoms with Gasteiger partial charge in [-0.25, -0.2) is 0 Å². The van der Waals surface area contributed by atoms with Crippen LogP contribution in [0.5, 0.6) is 5.75 Å². The molecule has 1 saturated carbocycles. The molecule has 2 aromatic carbocycles. The maximum absolute atomic E-state index is 12.9. The predicted molar refractivity (Wildman–Crippen MR) is 131 cm³/mol. The Hall–Kier alpha value is -2.37. The first-order chi connectivity index (χ1) is 16.1. The molecule has 1 amide bonds. The monoisotopic (exact) mass is 450 g/mol. The second-order valence-corrected chi connectivity index (χ2v) is 9.52. The lowest BCUT2D eigenvalue weighted by Gasteiger charge is -2.38. The minimum absolute atomic E-state index is 0.0537. The van der Waals surface area contributed by atoms with Gasteiger partial charge in [-0.3, -0.25) is 9.69 Å². The van der Waals surface area contributed by atoms with Gasteiger partial charge < -0.3 is 14.4 Å². The number of aryl methyl sites for hydroxylation is 1. The zero-order valence-electron chi connectivity index (χ0n) is 20.2. The minimum atomic E-state index is -0.0537. The summed E-state index contributed by atoms with van der Waals surface area (Å²) in [6, 6.07) is 16.7. The number of amides is 1.